The number of nitrogens with two attached hydrogens (primary N) is 1. The molecule has 0 bridgehead atoms. The Morgan fingerprint density at radius 3 is 2.78 bits per heavy atom. The third-order valence-corrected chi connectivity index (χ3v) is 4.39. The Hall–Kier alpha value is -2.00. The minimum absolute atomic E-state index is 0.0416. The van der Waals surface area contributed by atoms with Gasteiger partial charge in [0.1, 0.15) is 0 Å². The minimum atomic E-state index is -3.61. The largest absolute Gasteiger partial charge is 0.351 e. The van der Waals surface area contributed by atoms with Crippen LogP contribution in [-0.2, 0) is 10.0 Å². The van der Waals surface area contributed by atoms with Gasteiger partial charge in [0.2, 0.25) is 10.0 Å². The first-order chi connectivity index (χ1) is 10.7. The monoisotopic (exact) mass is 339 g/mol. The summed E-state index contributed by atoms with van der Waals surface area (Å²) in [5.41, 5.74) is 1.77. The Kier molecular flexibility index (Phi) is 5.00. The van der Waals surface area contributed by atoms with Crippen LogP contribution in [0.5, 0.6) is 0 Å². The summed E-state index contributed by atoms with van der Waals surface area (Å²) in [5.74, 6) is -0.675. The number of hydrogen-bond donors (Lipinski definition) is 2. The summed E-state index contributed by atoms with van der Waals surface area (Å²) in [6, 6.07) is 1.83. The third-order valence-electron chi connectivity index (χ3n) is 3.62. The fourth-order valence-electron chi connectivity index (χ4n) is 2.23. The number of sulfonamides is 1. The Morgan fingerprint density at radius 1 is 1.48 bits per heavy atom. The van der Waals surface area contributed by atoms with Crippen LogP contribution < -0.4 is 10.5 Å². The highest BCUT2D eigenvalue weighted by Gasteiger charge is 2.17. The lowest BCUT2D eigenvalue weighted by Gasteiger charge is -2.11. The summed E-state index contributed by atoms with van der Waals surface area (Å²) in [4.78, 5) is 16.8. The number of rotatable bonds is 6. The van der Waals surface area contributed by atoms with Crippen molar-refractivity contribution in [2.45, 2.75) is 33.2 Å². The molecule has 126 valence electrons. The molecule has 0 aliphatic heterocycles. The van der Waals surface area contributed by atoms with E-state index in [4.69, 9.17) is 5.14 Å². The molecular formula is C14H21N5O3S. The van der Waals surface area contributed by atoms with Crippen LogP contribution in [0.1, 0.15) is 42.4 Å². The van der Waals surface area contributed by atoms with E-state index in [-0.39, 0.29) is 24.2 Å². The summed E-state index contributed by atoms with van der Waals surface area (Å²) in [7, 11) is -3.61. The van der Waals surface area contributed by atoms with Gasteiger partial charge in [0.15, 0.2) is 5.65 Å². The van der Waals surface area contributed by atoms with Crippen LogP contribution >= 0.6 is 0 Å². The van der Waals surface area contributed by atoms with E-state index in [1.165, 1.54) is 0 Å². The molecule has 0 saturated carbocycles. The van der Waals surface area contributed by atoms with Crippen molar-refractivity contribution in [2.24, 2.45) is 5.14 Å². The van der Waals surface area contributed by atoms with Gasteiger partial charge in [0.05, 0.1) is 28.9 Å². The van der Waals surface area contributed by atoms with Crippen LogP contribution in [0.2, 0.25) is 0 Å². The fourth-order valence-corrected chi connectivity index (χ4v) is 2.62. The van der Waals surface area contributed by atoms with Crippen LogP contribution in [0.15, 0.2) is 12.3 Å². The van der Waals surface area contributed by atoms with Crippen molar-refractivity contribution in [3.05, 3.63) is 23.5 Å². The second-order valence-corrected chi connectivity index (χ2v) is 7.25. The Morgan fingerprint density at radius 2 is 2.17 bits per heavy atom. The fraction of sp³-hybridized carbons (Fsp3) is 0.500. The van der Waals surface area contributed by atoms with Gasteiger partial charge in [-0.3, -0.25) is 4.79 Å². The maximum absolute atomic E-state index is 12.3. The topological polar surface area (TPSA) is 120 Å². The molecule has 2 rings (SSSR count). The lowest BCUT2D eigenvalue weighted by Crippen LogP contribution is -2.31. The van der Waals surface area contributed by atoms with E-state index < -0.39 is 10.0 Å². The molecule has 2 aromatic heterocycles. The van der Waals surface area contributed by atoms with Gasteiger partial charge in [-0.15, -0.1) is 0 Å². The molecule has 1 amide bonds. The first kappa shape index (κ1) is 17.4. The van der Waals surface area contributed by atoms with Gasteiger partial charge in [-0.1, -0.05) is 6.92 Å². The van der Waals surface area contributed by atoms with E-state index in [9.17, 15) is 13.2 Å². The highest BCUT2D eigenvalue weighted by Crippen LogP contribution is 2.22. The standard InChI is InChI=1S/C14H21N5O3S/c1-4-10(3)19-13-12(8-17-19)11(7-9(2)18-13)14(20)16-5-6-23(15,21)22/h7-8,10H,4-6H2,1-3H3,(H,16,20)(H2,15,21,22)/t10-/m0/s1. The molecule has 23 heavy (non-hydrogen) atoms. The lowest BCUT2D eigenvalue weighted by atomic mass is 10.1. The van der Waals surface area contributed by atoms with Crippen LogP contribution in [-0.4, -0.2) is 41.4 Å². The summed E-state index contributed by atoms with van der Waals surface area (Å²) in [6.07, 6.45) is 2.50. The number of aromatic nitrogens is 3. The van der Waals surface area contributed by atoms with Gasteiger partial charge < -0.3 is 5.32 Å². The molecule has 0 aromatic carbocycles. The number of carbonyl (C=O) groups is 1. The molecule has 3 N–H and O–H groups in total. The highest BCUT2D eigenvalue weighted by molar-refractivity contribution is 7.89. The van der Waals surface area contributed by atoms with E-state index in [0.29, 0.717) is 22.3 Å². The van der Waals surface area contributed by atoms with Crippen molar-refractivity contribution in [3.8, 4) is 0 Å². The molecule has 1 atom stereocenters. The van der Waals surface area contributed by atoms with Gasteiger partial charge in [-0.05, 0) is 26.3 Å². The second kappa shape index (κ2) is 6.63. The van der Waals surface area contributed by atoms with Gasteiger partial charge in [-0.25, -0.2) is 23.2 Å². The first-order valence-corrected chi connectivity index (χ1v) is 9.08. The number of pyridine rings is 1. The number of amides is 1. The van der Waals surface area contributed by atoms with E-state index in [0.717, 1.165) is 6.42 Å². The van der Waals surface area contributed by atoms with Crippen LogP contribution in [0.4, 0.5) is 0 Å². The van der Waals surface area contributed by atoms with E-state index in [1.807, 2.05) is 6.92 Å². The zero-order chi connectivity index (χ0) is 17.2. The Labute approximate surface area is 135 Å². The number of hydrogen-bond acceptors (Lipinski definition) is 5. The molecule has 0 radical (unpaired) electrons. The predicted molar refractivity (Wildman–Crippen MR) is 87.6 cm³/mol. The SMILES string of the molecule is CC[C@H](C)n1ncc2c(C(=O)NCCS(N)(=O)=O)cc(C)nc21. The normalized spacial score (nSPS) is 13.2. The summed E-state index contributed by atoms with van der Waals surface area (Å²) in [6.45, 7) is 5.84. The van der Waals surface area contributed by atoms with Crippen molar-refractivity contribution < 1.29 is 13.2 Å². The molecule has 2 heterocycles. The second-order valence-electron chi connectivity index (χ2n) is 5.52. The van der Waals surface area contributed by atoms with Crippen LogP contribution in [0, 0.1) is 6.92 Å². The molecule has 2 aromatic rings. The van der Waals surface area contributed by atoms with Gasteiger partial charge in [0, 0.05) is 12.2 Å². The predicted octanol–water partition coefficient (Wildman–Crippen LogP) is 0.729. The van der Waals surface area contributed by atoms with E-state index in [2.05, 4.69) is 22.3 Å². The van der Waals surface area contributed by atoms with Gasteiger partial charge in [0.25, 0.3) is 5.91 Å². The van der Waals surface area contributed by atoms with Crippen LogP contribution in [0.3, 0.4) is 0 Å². The smallest absolute Gasteiger partial charge is 0.252 e. The first-order valence-electron chi connectivity index (χ1n) is 7.36. The molecule has 0 aliphatic carbocycles. The van der Waals surface area contributed by atoms with Crippen molar-refractivity contribution in [1.29, 1.82) is 0 Å². The zero-order valence-electron chi connectivity index (χ0n) is 13.4. The average Bonchev–Trinajstić information content (AvgIpc) is 2.87. The number of nitrogens with one attached hydrogen (secondary N) is 1. The Bertz CT molecular complexity index is 828. The quantitative estimate of drug-likeness (QED) is 0.804. The van der Waals surface area contributed by atoms with E-state index in [1.54, 1.807) is 23.9 Å². The number of aryl methyl sites for hydroxylation is 1. The molecule has 9 heteroatoms. The maximum Gasteiger partial charge on any atom is 0.252 e. The number of fused-ring (bicyclic) bond motifs is 1. The van der Waals surface area contributed by atoms with Crippen molar-refractivity contribution in [1.82, 2.24) is 20.1 Å². The lowest BCUT2D eigenvalue weighted by molar-refractivity contribution is 0.0957. The van der Waals surface area contributed by atoms with Gasteiger partial charge >= 0.3 is 0 Å². The zero-order valence-corrected chi connectivity index (χ0v) is 14.2. The molecule has 0 fully saturated rings. The van der Waals surface area contributed by atoms with Gasteiger partial charge in [-0.2, -0.15) is 5.10 Å². The molecular weight excluding hydrogens is 318 g/mol. The van der Waals surface area contributed by atoms with Crippen molar-refractivity contribution >= 4 is 27.0 Å². The molecule has 0 saturated heterocycles. The molecule has 0 aliphatic rings. The summed E-state index contributed by atoms with van der Waals surface area (Å²) < 4.78 is 23.7. The van der Waals surface area contributed by atoms with Crippen molar-refractivity contribution in [3.63, 3.8) is 0 Å². The van der Waals surface area contributed by atoms with Crippen LogP contribution in [0.25, 0.3) is 11.0 Å². The highest BCUT2D eigenvalue weighted by atomic mass is 32.2. The number of nitrogens with zero attached hydrogens (tertiary/aromatic N) is 3. The number of carbonyl (C=O) groups excluding carboxylic acids is 1. The maximum atomic E-state index is 12.3. The molecule has 0 unspecified atom stereocenters. The van der Waals surface area contributed by atoms with Crippen molar-refractivity contribution in [2.75, 3.05) is 12.3 Å². The molecule has 8 nitrogen and oxygen atoms in total. The Balaban J connectivity index is 2.33. The minimum Gasteiger partial charge on any atom is -0.351 e. The summed E-state index contributed by atoms with van der Waals surface area (Å²) >= 11 is 0. The summed E-state index contributed by atoms with van der Waals surface area (Å²) in [5, 5.41) is 12.5. The average molecular weight is 339 g/mol. The molecule has 0 spiro atoms. The number of primary sulfonamides is 1. The van der Waals surface area contributed by atoms with E-state index >= 15 is 0 Å². The third kappa shape index (κ3) is 4.05.